The van der Waals surface area contributed by atoms with Gasteiger partial charge in [0.2, 0.25) is 0 Å². The largest absolute Gasteiger partial charge is 0.710 e. The minimum atomic E-state index is -0.453. The molecule has 0 bridgehead atoms. The van der Waals surface area contributed by atoms with E-state index in [2.05, 4.69) is 4.74 Å². The molecule has 0 saturated heterocycles. The first-order valence-electron chi connectivity index (χ1n) is 4.82. The molecule has 6 heteroatoms. The van der Waals surface area contributed by atoms with Crippen LogP contribution in [0.5, 0.6) is 0 Å². The number of nitrogens with zero attached hydrogens (tertiary/aromatic N) is 2. The summed E-state index contributed by atoms with van der Waals surface area (Å²) in [6.07, 6.45) is 2.42. The second kappa shape index (κ2) is 4.17. The fraction of sp³-hybridized carbons (Fsp3) is 0.0909. The fourth-order valence-corrected chi connectivity index (χ4v) is 1.50. The summed E-state index contributed by atoms with van der Waals surface area (Å²) in [6.45, 7) is 0. The van der Waals surface area contributed by atoms with Gasteiger partial charge in [-0.05, 0) is 29.0 Å². The van der Waals surface area contributed by atoms with Crippen molar-refractivity contribution in [1.29, 1.82) is 0 Å². The van der Waals surface area contributed by atoms with E-state index in [1.165, 1.54) is 31.6 Å². The molecule has 0 unspecified atom stereocenters. The molecule has 1 aromatic heterocycles. The molecule has 17 heavy (non-hydrogen) atoms. The second-order valence-corrected chi connectivity index (χ2v) is 3.36. The predicted molar refractivity (Wildman–Crippen MR) is 57.4 cm³/mol. The van der Waals surface area contributed by atoms with Crippen molar-refractivity contribution in [2.45, 2.75) is 0 Å². The van der Waals surface area contributed by atoms with E-state index in [1.54, 1.807) is 12.1 Å². The number of methoxy groups -OCH3 is 1. The van der Waals surface area contributed by atoms with Gasteiger partial charge in [0, 0.05) is 0 Å². The highest BCUT2D eigenvalue weighted by molar-refractivity contribution is 5.89. The maximum absolute atomic E-state index is 11.4. The number of aromatic nitrogens is 2. The van der Waals surface area contributed by atoms with Crippen LogP contribution in [-0.4, -0.2) is 23.0 Å². The lowest BCUT2D eigenvalue weighted by Gasteiger charge is -2.03. The van der Waals surface area contributed by atoms with Crippen LogP contribution in [0.3, 0.4) is 0 Å². The van der Waals surface area contributed by atoms with E-state index in [0.717, 1.165) is 4.73 Å². The molecular weight excluding hydrogens is 224 g/mol. The summed E-state index contributed by atoms with van der Waals surface area (Å²) in [6, 6.07) is 6.16. The van der Waals surface area contributed by atoms with Crippen molar-refractivity contribution in [1.82, 2.24) is 4.73 Å². The first kappa shape index (κ1) is 11.0. The topological polar surface area (TPSA) is 78.4 Å². The molecule has 6 nitrogen and oxygen atoms in total. The third-order valence-electron chi connectivity index (χ3n) is 2.33. The Morgan fingerprint density at radius 1 is 1.41 bits per heavy atom. The molecule has 0 fully saturated rings. The van der Waals surface area contributed by atoms with E-state index < -0.39 is 5.97 Å². The highest BCUT2D eigenvalue weighted by atomic mass is 16.5. The van der Waals surface area contributed by atoms with Crippen LogP contribution in [0.25, 0.3) is 11.4 Å². The first-order chi connectivity index (χ1) is 8.13. The highest BCUT2D eigenvalue weighted by Gasteiger charge is 2.15. The molecule has 0 aliphatic carbocycles. The zero-order chi connectivity index (χ0) is 12.4. The molecule has 1 aromatic carbocycles. The molecule has 2 aromatic rings. The molecule has 2 rings (SSSR count). The normalized spacial score (nSPS) is 10.2. The average molecular weight is 234 g/mol. The zero-order valence-electron chi connectivity index (χ0n) is 9.03. The predicted octanol–water partition coefficient (Wildman–Crippen LogP) is 0.812. The molecule has 88 valence electrons. The average Bonchev–Trinajstić information content (AvgIpc) is 2.68. The van der Waals surface area contributed by atoms with Crippen LogP contribution in [0.1, 0.15) is 10.4 Å². The van der Waals surface area contributed by atoms with E-state index in [4.69, 9.17) is 0 Å². The summed E-state index contributed by atoms with van der Waals surface area (Å²) >= 11 is 0. The Labute approximate surface area is 96.8 Å². The van der Waals surface area contributed by atoms with Crippen LogP contribution in [0.15, 0.2) is 36.7 Å². The Morgan fingerprint density at radius 3 is 2.53 bits per heavy atom. The van der Waals surface area contributed by atoms with Crippen molar-refractivity contribution < 1.29 is 19.5 Å². The lowest BCUT2D eigenvalue weighted by Crippen LogP contribution is -2.26. The molecule has 0 amide bonds. The Kier molecular flexibility index (Phi) is 2.70. The van der Waals surface area contributed by atoms with Crippen LogP contribution in [0.2, 0.25) is 0 Å². The summed E-state index contributed by atoms with van der Waals surface area (Å²) in [7, 11) is 1.29. The second-order valence-electron chi connectivity index (χ2n) is 3.36. The Morgan fingerprint density at radius 2 is 2.06 bits per heavy atom. The summed E-state index contributed by atoms with van der Waals surface area (Å²) in [5, 5.41) is 20.8. The molecule has 0 saturated carbocycles. The Hall–Kier alpha value is -2.50. The monoisotopic (exact) mass is 234 g/mol. The number of carbonyl (C=O) groups is 1. The fourth-order valence-electron chi connectivity index (χ4n) is 1.50. The molecule has 0 aliphatic rings. The van der Waals surface area contributed by atoms with Gasteiger partial charge in [0.1, 0.15) is 6.20 Å². The van der Waals surface area contributed by atoms with E-state index in [-0.39, 0.29) is 5.82 Å². The number of carbonyl (C=O) groups excluding carboxylic acids is 1. The number of imidazole rings is 1. The number of hydrogen-bond donors (Lipinski definition) is 1. The lowest BCUT2D eigenvalue weighted by atomic mass is 10.1. The van der Waals surface area contributed by atoms with Gasteiger partial charge < -0.3 is 15.2 Å². The molecule has 0 spiro atoms. The number of rotatable bonds is 2. The summed E-state index contributed by atoms with van der Waals surface area (Å²) < 4.78 is 5.81. The van der Waals surface area contributed by atoms with Gasteiger partial charge in [-0.3, -0.25) is 0 Å². The van der Waals surface area contributed by atoms with Gasteiger partial charge in [-0.1, -0.05) is 0 Å². The summed E-state index contributed by atoms with van der Waals surface area (Å²) in [5.74, 6) is -0.368. The number of esters is 1. The minimum absolute atomic E-state index is 0.0846. The van der Waals surface area contributed by atoms with E-state index in [9.17, 15) is 15.2 Å². The highest BCUT2D eigenvalue weighted by Crippen LogP contribution is 2.16. The van der Waals surface area contributed by atoms with Gasteiger partial charge in [-0.25, -0.2) is 9.52 Å². The van der Waals surface area contributed by atoms with Gasteiger partial charge in [0.05, 0.1) is 18.2 Å². The molecular formula is C11H10N2O4. The van der Waals surface area contributed by atoms with Crippen molar-refractivity contribution in [2.75, 3.05) is 7.11 Å². The van der Waals surface area contributed by atoms with Crippen LogP contribution in [0, 0.1) is 5.21 Å². The van der Waals surface area contributed by atoms with Crippen molar-refractivity contribution >= 4 is 5.97 Å². The molecule has 0 aliphatic heterocycles. The zero-order valence-corrected chi connectivity index (χ0v) is 9.03. The van der Waals surface area contributed by atoms with E-state index >= 15 is 0 Å². The number of ether oxygens (including phenoxy) is 1. The van der Waals surface area contributed by atoms with Crippen molar-refractivity contribution in [3.05, 3.63) is 47.4 Å². The van der Waals surface area contributed by atoms with Crippen LogP contribution >= 0.6 is 0 Å². The third kappa shape index (κ3) is 1.92. The maximum Gasteiger partial charge on any atom is 0.337 e. The van der Waals surface area contributed by atoms with Gasteiger partial charge in [-0.2, -0.15) is 0 Å². The van der Waals surface area contributed by atoms with Crippen molar-refractivity contribution in [3.63, 3.8) is 0 Å². The third-order valence-corrected chi connectivity index (χ3v) is 2.33. The van der Waals surface area contributed by atoms with Gasteiger partial charge >= 0.3 is 11.8 Å². The maximum atomic E-state index is 11.4. The first-order valence-corrected chi connectivity index (χ1v) is 4.82. The minimum Gasteiger partial charge on any atom is -0.710 e. The van der Waals surface area contributed by atoms with Crippen molar-refractivity contribution in [3.8, 4) is 11.4 Å². The Bertz CT molecular complexity index is 526. The summed E-state index contributed by atoms with van der Waals surface area (Å²) in [4.78, 5) is 11.2. The molecule has 0 radical (unpaired) electrons. The van der Waals surface area contributed by atoms with Gasteiger partial charge in [0.15, 0.2) is 6.20 Å². The van der Waals surface area contributed by atoms with Gasteiger partial charge in [-0.15, -0.1) is 0 Å². The molecule has 0 atom stereocenters. The summed E-state index contributed by atoms with van der Waals surface area (Å²) in [5.41, 5.74) is 0.880. The quantitative estimate of drug-likeness (QED) is 0.361. The van der Waals surface area contributed by atoms with Gasteiger partial charge in [0.25, 0.3) is 0 Å². The van der Waals surface area contributed by atoms with Crippen molar-refractivity contribution in [2.24, 2.45) is 0 Å². The number of hydrogen-bond acceptors (Lipinski definition) is 4. The smallest absolute Gasteiger partial charge is 0.337 e. The molecule has 1 heterocycles. The van der Waals surface area contributed by atoms with E-state index in [0.29, 0.717) is 15.9 Å². The van der Waals surface area contributed by atoms with Crippen LogP contribution in [0.4, 0.5) is 0 Å². The van der Waals surface area contributed by atoms with Crippen LogP contribution in [-0.2, 0) is 4.74 Å². The lowest BCUT2D eigenvalue weighted by molar-refractivity contribution is -0.594. The van der Waals surface area contributed by atoms with E-state index in [1.807, 2.05) is 0 Å². The SMILES string of the molecule is COC(=O)c1ccc(-c2n(O)cc[n+]2[O-])cc1. The standard InChI is InChI=1S/C11H10N2O4/c1-17-11(14)9-4-2-8(3-5-9)10-12(15)6-7-13(10)16/h2-7,15H,1H3. The molecule has 1 N–H and O–H groups in total. The Balaban J connectivity index is 2.39. The number of benzene rings is 1. The van der Waals surface area contributed by atoms with Crippen LogP contribution < -0.4 is 4.73 Å².